The highest BCUT2D eigenvalue weighted by Crippen LogP contribution is 2.28. The van der Waals surface area contributed by atoms with Crippen LogP contribution in [0.5, 0.6) is 5.75 Å². The van der Waals surface area contributed by atoms with Gasteiger partial charge in [0.2, 0.25) is 0 Å². The van der Waals surface area contributed by atoms with E-state index in [4.69, 9.17) is 4.74 Å². The Labute approximate surface area is 114 Å². The third-order valence-corrected chi connectivity index (χ3v) is 4.19. The van der Waals surface area contributed by atoms with Gasteiger partial charge in [-0.1, -0.05) is 26.0 Å². The topological polar surface area (TPSA) is 21.3 Å². The van der Waals surface area contributed by atoms with Crippen molar-refractivity contribution >= 4 is 17.4 Å². The van der Waals surface area contributed by atoms with Gasteiger partial charge in [0.25, 0.3) is 0 Å². The van der Waals surface area contributed by atoms with Gasteiger partial charge >= 0.3 is 0 Å². The van der Waals surface area contributed by atoms with Crippen molar-refractivity contribution in [3.8, 4) is 5.75 Å². The Morgan fingerprint density at radius 2 is 2.22 bits per heavy atom. The molecule has 0 spiro atoms. The molecule has 1 unspecified atom stereocenters. The fourth-order valence-electron chi connectivity index (χ4n) is 2.04. The van der Waals surface area contributed by atoms with Crippen molar-refractivity contribution in [3.63, 3.8) is 0 Å². The Kier molecular flexibility index (Phi) is 5.24. The van der Waals surface area contributed by atoms with Gasteiger partial charge in [-0.05, 0) is 36.6 Å². The number of anilines is 1. The molecule has 0 amide bonds. The number of rotatable bonds is 5. The van der Waals surface area contributed by atoms with Gasteiger partial charge in [0.05, 0.1) is 12.3 Å². The van der Waals surface area contributed by atoms with E-state index in [0.29, 0.717) is 12.0 Å². The molecule has 1 aromatic rings. The van der Waals surface area contributed by atoms with Crippen LogP contribution < -0.4 is 10.1 Å². The van der Waals surface area contributed by atoms with Gasteiger partial charge in [-0.15, -0.1) is 0 Å². The van der Waals surface area contributed by atoms with Gasteiger partial charge in [0.15, 0.2) is 0 Å². The molecule has 0 aliphatic carbocycles. The summed E-state index contributed by atoms with van der Waals surface area (Å²) < 4.78 is 5.87. The molecule has 1 aromatic carbocycles. The highest BCUT2D eigenvalue weighted by atomic mass is 32.2. The molecule has 100 valence electrons. The zero-order valence-electron chi connectivity index (χ0n) is 11.3. The lowest BCUT2D eigenvalue weighted by molar-refractivity contribution is 0.272. The molecule has 3 heteroatoms. The minimum atomic E-state index is 0.559. The van der Waals surface area contributed by atoms with Crippen molar-refractivity contribution in [1.82, 2.24) is 0 Å². The first-order chi connectivity index (χ1) is 8.75. The van der Waals surface area contributed by atoms with E-state index >= 15 is 0 Å². The van der Waals surface area contributed by atoms with Gasteiger partial charge in [-0.2, -0.15) is 11.8 Å². The number of nitrogens with one attached hydrogen (secondary N) is 1. The van der Waals surface area contributed by atoms with Crippen molar-refractivity contribution in [1.29, 1.82) is 0 Å². The molecule has 1 heterocycles. The van der Waals surface area contributed by atoms with Gasteiger partial charge in [-0.3, -0.25) is 0 Å². The summed E-state index contributed by atoms with van der Waals surface area (Å²) in [6, 6.07) is 8.87. The largest absolute Gasteiger partial charge is 0.491 e. The van der Waals surface area contributed by atoms with Crippen molar-refractivity contribution in [3.05, 3.63) is 24.3 Å². The predicted octanol–water partition coefficient (Wildman–Crippen LogP) is 4.03. The van der Waals surface area contributed by atoms with Crippen molar-refractivity contribution < 1.29 is 4.74 Å². The summed E-state index contributed by atoms with van der Waals surface area (Å²) >= 11 is 2.04. The molecule has 1 N–H and O–H groups in total. The Hall–Kier alpha value is -0.830. The fraction of sp³-hybridized carbons (Fsp3) is 0.600. The third-order valence-electron chi connectivity index (χ3n) is 2.98. The minimum Gasteiger partial charge on any atom is -0.491 e. The van der Waals surface area contributed by atoms with Crippen LogP contribution in [0.2, 0.25) is 0 Å². The molecule has 1 saturated heterocycles. The molecule has 1 fully saturated rings. The number of hydrogen-bond acceptors (Lipinski definition) is 3. The van der Waals surface area contributed by atoms with Crippen molar-refractivity contribution in [2.75, 3.05) is 23.4 Å². The van der Waals surface area contributed by atoms with Gasteiger partial charge in [0.1, 0.15) is 5.75 Å². The van der Waals surface area contributed by atoms with E-state index in [1.165, 1.54) is 24.3 Å². The molecule has 0 aromatic heterocycles. The lowest BCUT2D eigenvalue weighted by Crippen LogP contribution is -2.26. The van der Waals surface area contributed by atoms with Gasteiger partial charge in [0, 0.05) is 11.8 Å². The summed E-state index contributed by atoms with van der Waals surface area (Å²) in [5, 5.41) is 3.63. The summed E-state index contributed by atoms with van der Waals surface area (Å²) in [7, 11) is 0. The van der Waals surface area contributed by atoms with Crippen molar-refractivity contribution in [2.24, 2.45) is 5.92 Å². The normalized spacial score (nSPS) is 19.8. The second kappa shape index (κ2) is 6.93. The quantitative estimate of drug-likeness (QED) is 0.868. The Morgan fingerprint density at radius 3 is 2.94 bits per heavy atom. The SMILES string of the molecule is CC(C)COc1ccccc1NC1CCCSC1. The molecule has 0 radical (unpaired) electrons. The predicted molar refractivity (Wildman–Crippen MR) is 80.7 cm³/mol. The average molecular weight is 265 g/mol. The zero-order valence-corrected chi connectivity index (χ0v) is 12.1. The molecule has 0 bridgehead atoms. The molecule has 2 rings (SSSR count). The van der Waals surface area contributed by atoms with Crippen LogP contribution in [-0.4, -0.2) is 24.2 Å². The lowest BCUT2D eigenvalue weighted by atomic mass is 10.1. The van der Waals surface area contributed by atoms with Gasteiger partial charge < -0.3 is 10.1 Å². The van der Waals surface area contributed by atoms with E-state index in [0.717, 1.165) is 18.0 Å². The van der Waals surface area contributed by atoms with Crippen LogP contribution in [0.3, 0.4) is 0 Å². The second-order valence-corrected chi connectivity index (χ2v) is 6.41. The van der Waals surface area contributed by atoms with E-state index in [-0.39, 0.29) is 0 Å². The molecular formula is C15H23NOS. The highest BCUT2D eigenvalue weighted by molar-refractivity contribution is 7.99. The van der Waals surface area contributed by atoms with Crippen LogP contribution in [0, 0.1) is 5.92 Å². The third kappa shape index (κ3) is 4.13. The maximum Gasteiger partial charge on any atom is 0.142 e. The molecule has 0 saturated carbocycles. The summed E-state index contributed by atoms with van der Waals surface area (Å²) in [6.07, 6.45) is 2.59. The number of para-hydroxylation sites is 2. The average Bonchev–Trinajstić information content (AvgIpc) is 2.39. The smallest absolute Gasteiger partial charge is 0.142 e. The van der Waals surface area contributed by atoms with E-state index in [9.17, 15) is 0 Å². The molecule has 18 heavy (non-hydrogen) atoms. The van der Waals surface area contributed by atoms with Gasteiger partial charge in [-0.25, -0.2) is 0 Å². The number of thioether (sulfide) groups is 1. The first-order valence-corrected chi connectivity index (χ1v) is 7.97. The molecular weight excluding hydrogens is 242 g/mol. The maximum atomic E-state index is 5.87. The summed E-state index contributed by atoms with van der Waals surface area (Å²) in [5.74, 6) is 4.06. The minimum absolute atomic E-state index is 0.559. The standard InChI is InChI=1S/C15H23NOS/c1-12(2)10-17-15-8-4-3-7-14(15)16-13-6-5-9-18-11-13/h3-4,7-8,12-13,16H,5-6,9-11H2,1-2H3. The molecule has 2 nitrogen and oxygen atoms in total. The number of ether oxygens (including phenoxy) is 1. The highest BCUT2D eigenvalue weighted by Gasteiger charge is 2.15. The summed E-state index contributed by atoms with van der Waals surface area (Å²) in [6.45, 7) is 5.12. The summed E-state index contributed by atoms with van der Waals surface area (Å²) in [4.78, 5) is 0. The van der Waals surface area contributed by atoms with Crippen LogP contribution >= 0.6 is 11.8 Å². The first kappa shape index (κ1) is 13.6. The Morgan fingerprint density at radius 1 is 1.39 bits per heavy atom. The van der Waals surface area contributed by atoms with Crippen LogP contribution in [0.15, 0.2) is 24.3 Å². The van der Waals surface area contributed by atoms with Crippen LogP contribution in [0.1, 0.15) is 26.7 Å². The first-order valence-electron chi connectivity index (χ1n) is 6.82. The maximum absolute atomic E-state index is 5.87. The number of benzene rings is 1. The second-order valence-electron chi connectivity index (χ2n) is 5.26. The van der Waals surface area contributed by atoms with E-state index in [1.807, 2.05) is 17.8 Å². The Balaban J connectivity index is 1.97. The van der Waals surface area contributed by atoms with Crippen molar-refractivity contribution in [2.45, 2.75) is 32.7 Å². The molecule has 1 aliphatic rings. The lowest BCUT2D eigenvalue weighted by Gasteiger charge is -2.25. The van der Waals surface area contributed by atoms with E-state index < -0.39 is 0 Å². The summed E-state index contributed by atoms with van der Waals surface area (Å²) in [5.41, 5.74) is 1.14. The molecule has 1 atom stereocenters. The molecule has 1 aliphatic heterocycles. The van der Waals surface area contributed by atoms with Crippen LogP contribution in [0.25, 0.3) is 0 Å². The van der Waals surface area contributed by atoms with Crippen LogP contribution in [0.4, 0.5) is 5.69 Å². The Bertz CT molecular complexity index is 361. The zero-order chi connectivity index (χ0) is 12.8. The van der Waals surface area contributed by atoms with Crippen LogP contribution in [-0.2, 0) is 0 Å². The monoisotopic (exact) mass is 265 g/mol. The van der Waals surface area contributed by atoms with E-state index in [1.54, 1.807) is 0 Å². The fourth-order valence-corrected chi connectivity index (χ4v) is 3.11. The number of hydrogen-bond donors (Lipinski definition) is 1. The van der Waals surface area contributed by atoms with E-state index in [2.05, 4.69) is 37.4 Å².